The van der Waals surface area contributed by atoms with Gasteiger partial charge in [-0.25, -0.2) is 4.68 Å². The van der Waals surface area contributed by atoms with Gasteiger partial charge in [-0.1, -0.05) is 5.21 Å². The minimum atomic E-state index is -0.869. The van der Waals surface area contributed by atoms with Gasteiger partial charge in [0.05, 0.1) is 17.3 Å². The fraction of sp³-hybridized carbons (Fsp3) is 0.625. The molecule has 72 valence electrons. The minimum Gasteiger partial charge on any atom is -0.481 e. The van der Waals surface area contributed by atoms with Gasteiger partial charge in [0.2, 0.25) is 0 Å². The first kappa shape index (κ1) is 9.70. The molecule has 1 heterocycles. The van der Waals surface area contributed by atoms with Gasteiger partial charge in [-0.15, -0.1) is 5.10 Å². The van der Waals surface area contributed by atoms with E-state index < -0.39 is 11.9 Å². The summed E-state index contributed by atoms with van der Waals surface area (Å²) in [5, 5.41) is 16.4. The van der Waals surface area contributed by atoms with E-state index in [1.54, 1.807) is 11.6 Å². The molecule has 0 saturated carbocycles. The summed E-state index contributed by atoms with van der Waals surface area (Å²) in [6.45, 7) is 6.10. The van der Waals surface area contributed by atoms with Crippen LogP contribution >= 0.6 is 0 Å². The molecular formula is C8H13N3O2. The zero-order chi connectivity index (χ0) is 10.0. The Labute approximate surface area is 76.4 Å². The van der Waals surface area contributed by atoms with Gasteiger partial charge in [-0.3, -0.25) is 4.79 Å². The lowest BCUT2D eigenvalue weighted by Gasteiger charge is -2.03. The fourth-order valence-electron chi connectivity index (χ4n) is 1.19. The van der Waals surface area contributed by atoms with E-state index in [9.17, 15) is 4.79 Å². The molecule has 1 unspecified atom stereocenters. The fourth-order valence-corrected chi connectivity index (χ4v) is 1.19. The number of carboxylic acid groups (broad SMARTS) is 1. The predicted octanol–water partition coefficient (Wildman–Crippen LogP) is 0.795. The molecule has 1 N–H and O–H groups in total. The topological polar surface area (TPSA) is 68.0 Å². The van der Waals surface area contributed by atoms with Crippen LogP contribution in [0, 0.1) is 6.92 Å². The van der Waals surface area contributed by atoms with Crippen LogP contribution in [0.5, 0.6) is 0 Å². The molecule has 5 heteroatoms. The van der Waals surface area contributed by atoms with E-state index in [0.717, 1.165) is 5.69 Å². The standard InChI is InChI=1S/C8H13N3O2/c1-4-11-6(3)7(9-10-11)5(2)8(12)13/h5H,4H2,1-3H3,(H,12,13). The second-order valence-electron chi connectivity index (χ2n) is 2.94. The van der Waals surface area contributed by atoms with E-state index in [1.807, 2.05) is 13.8 Å². The van der Waals surface area contributed by atoms with E-state index in [2.05, 4.69) is 10.3 Å². The summed E-state index contributed by atoms with van der Waals surface area (Å²) in [5.41, 5.74) is 1.38. The molecule has 0 aliphatic heterocycles. The maximum Gasteiger partial charge on any atom is 0.312 e. The van der Waals surface area contributed by atoms with Crippen molar-refractivity contribution < 1.29 is 9.90 Å². The molecule has 1 aromatic rings. The van der Waals surface area contributed by atoms with Gasteiger partial charge >= 0.3 is 5.97 Å². The molecule has 5 nitrogen and oxygen atoms in total. The van der Waals surface area contributed by atoms with Crippen LogP contribution in [-0.2, 0) is 11.3 Å². The molecule has 1 rings (SSSR count). The highest BCUT2D eigenvalue weighted by Gasteiger charge is 2.20. The van der Waals surface area contributed by atoms with Crippen molar-refractivity contribution in [2.24, 2.45) is 0 Å². The highest BCUT2D eigenvalue weighted by atomic mass is 16.4. The summed E-state index contributed by atoms with van der Waals surface area (Å²) in [7, 11) is 0. The minimum absolute atomic E-state index is 0.550. The molecule has 0 aromatic carbocycles. The number of carbonyl (C=O) groups is 1. The Kier molecular flexibility index (Phi) is 2.65. The lowest BCUT2D eigenvalue weighted by molar-refractivity contribution is -0.138. The molecule has 0 saturated heterocycles. The Morgan fingerprint density at radius 1 is 1.69 bits per heavy atom. The van der Waals surface area contributed by atoms with Crippen molar-refractivity contribution in [3.05, 3.63) is 11.4 Å². The van der Waals surface area contributed by atoms with Gasteiger partial charge in [0.1, 0.15) is 0 Å². The van der Waals surface area contributed by atoms with Crippen LogP contribution < -0.4 is 0 Å². The van der Waals surface area contributed by atoms with Gasteiger partial charge in [0.25, 0.3) is 0 Å². The molecule has 13 heavy (non-hydrogen) atoms. The molecule has 0 radical (unpaired) electrons. The van der Waals surface area contributed by atoms with Crippen LogP contribution in [-0.4, -0.2) is 26.1 Å². The van der Waals surface area contributed by atoms with Crippen molar-refractivity contribution in [3.63, 3.8) is 0 Å². The first-order chi connectivity index (χ1) is 6.07. The molecule has 0 aliphatic rings. The van der Waals surface area contributed by atoms with E-state index >= 15 is 0 Å². The molecule has 1 aromatic heterocycles. The van der Waals surface area contributed by atoms with Crippen molar-refractivity contribution in [1.82, 2.24) is 15.0 Å². The van der Waals surface area contributed by atoms with Crippen molar-refractivity contribution in [1.29, 1.82) is 0 Å². The van der Waals surface area contributed by atoms with Gasteiger partial charge in [-0.05, 0) is 20.8 Å². The third-order valence-corrected chi connectivity index (χ3v) is 2.10. The van der Waals surface area contributed by atoms with Gasteiger partial charge in [0.15, 0.2) is 0 Å². The molecule has 1 atom stereocenters. The zero-order valence-electron chi connectivity index (χ0n) is 7.98. The van der Waals surface area contributed by atoms with Crippen LogP contribution in [0.2, 0.25) is 0 Å². The Morgan fingerprint density at radius 3 is 2.69 bits per heavy atom. The number of hydrogen-bond donors (Lipinski definition) is 1. The van der Waals surface area contributed by atoms with Crippen LogP contribution in [0.25, 0.3) is 0 Å². The largest absolute Gasteiger partial charge is 0.481 e. The monoisotopic (exact) mass is 183 g/mol. The van der Waals surface area contributed by atoms with Gasteiger partial charge < -0.3 is 5.11 Å². The third-order valence-electron chi connectivity index (χ3n) is 2.10. The number of aromatic nitrogens is 3. The highest BCUT2D eigenvalue weighted by molar-refractivity contribution is 5.75. The Balaban J connectivity index is 3.02. The highest BCUT2D eigenvalue weighted by Crippen LogP contribution is 2.16. The number of aryl methyl sites for hydroxylation is 1. The number of hydrogen-bond acceptors (Lipinski definition) is 3. The smallest absolute Gasteiger partial charge is 0.312 e. The van der Waals surface area contributed by atoms with Gasteiger partial charge in [-0.2, -0.15) is 0 Å². The first-order valence-electron chi connectivity index (χ1n) is 4.20. The van der Waals surface area contributed by atoms with Crippen LogP contribution in [0.3, 0.4) is 0 Å². The maximum atomic E-state index is 10.7. The SMILES string of the molecule is CCn1nnc(C(C)C(=O)O)c1C. The summed E-state index contributed by atoms with van der Waals surface area (Å²) in [6.07, 6.45) is 0. The molecule has 0 spiro atoms. The first-order valence-corrected chi connectivity index (χ1v) is 4.20. The normalized spacial score (nSPS) is 12.8. The van der Waals surface area contributed by atoms with Crippen molar-refractivity contribution in [2.45, 2.75) is 33.2 Å². The van der Waals surface area contributed by atoms with E-state index in [0.29, 0.717) is 12.2 Å². The molecule has 0 bridgehead atoms. The van der Waals surface area contributed by atoms with Crippen molar-refractivity contribution >= 4 is 5.97 Å². The quantitative estimate of drug-likeness (QED) is 0.752. The summed E-state index contributed by atoms with van der Waals surface area (Å²) < 4.78 is 1.69. The average Bonchev–Trinajstić information content (AvgIpc) is 2.45. The van der Waals surface area contributed by atoms with Crippen molar-refractivity contribution in [3.8, 4) is 0 Å². The van der Waals surface area contributed by atoms with Crippen LogP contribution in [0.1, 0.15) is 31.2 Å². The van der Waals surface area contributed by atoms with E-state index in [1.165, 1.54) is 0 Å². The van der Waals surface area contributed by atoms with Crippen molar-refractivity contribution in [2.75, 3.05) is 0 Å². The summed E-state index contributed by atoms with van der Waals surface area (Å²) >= 11 is 0. The van der Waals surface area contributed by atoms with E-state index in [-0.39, 0.29) is 0 Å². The summed E-state index contributed by atoms with van der Waals surface area (Å²) in [5.74, 6) is -1.45. The summed E-state index contributed by atoms with van der Waals surface area (Å²) in [6, 6.07) is 0. The molecule has 0 aliphatic carbocycles. The molecular weight excluding hydrogens is 170 g/mol. The Bertz CT molecular complexity index is 319. The Morgan fingerprint density at radius 2 is 2.31 bits per heavy atom. The lowest BCUT2D eigenvalue weighted by atomic mass is 10.1. The second-order valence-corrected chi connectivity index (χ2v) is 2.94. The van der Waals surface area contributed by atoms with E-state index in [4.69, 9.17) is 5.11 Å². The maximum absolute atomic E-state index is 10.7. The number of aliphatic carboxylic acids is 1. The van der Waals surface area contributed by atoms with Crippen LogP contribution in [0.15, 0.2) is 0 Å². The average molecular weight is 183 g/mol. The molecule has 0 fully saturated rings. The molecule has 0 amide bonds. The number of carboxylic acids is 1. The number of rotatable bonds is 3. The second kappa shape index (κ2) is 3.55. The van der Waals surface area contributed by atoms with Gasteiger partial charge in [0, 0.05) is 6.54 Å². The zero-order valence-corrected chi connectivity index (χ0v) is 7.98. The van der Waals surface area contributed by atoms with Crippen LogP contribution in [0.4, 0.5) is 0 Å². The third kappa shape index (κ3) is 1.68. The lowest BCUT2D eigenvalue weighted by Crippen LogP contribution is -2.09. The summed E-state index contributed by atoms with van der Waals surface area (Å²) in [4.78, 5) is 10.7. The predicted molar refractivity (Wildman–Crippen MR) is 46.5 cm³/mol. The number of nitrogens with zero attached hydrogens (tertiary/aromatic N) is 3. The Hall–Kier alpha value is -1.39.